The topological polar surface area (TPSA) is 52.9 Å². The molecule has 2 aromatic rings. The number of nitrogens with zero attached hydrogens (tertiary/aromatic N) is 1. The molecule has 0 spiro atoms. The van der Waals surface area contributed by atoms with E-state index in [0.29, 0.717) is 11.4 Å². The first kappa shape index (κ1) is 13.2. The number of benzene rings is 2. The van der Waals surface area contributed by atoms with Crippen molar-refractivity contribution in [2.24, 2.45) is 0 Å². The minimum absolute atomic E-state index is 0.668. The van der Waals surface area contributed by atoms with E-state index >= 15 is 0 Å². The fourth-order valence-electron chi connectivity index (χ4n) is 1.48. The molecule has 0 aliphatic heterocycles. The predicted octanol–water partition coefficient (Wildman–Crippen LogP) is 2.97. The molecule has 0 atom stereocenters. The molecule has 0 saturated carbocycles. The maximum absolute atomic E-state index is 9.33. The van der Waals surface area contributed by atoms with Crippen LogP contribution in [0.3, 0.4) is 0 Å². The maximum atomic E-state index is 9.33. The molecule has 0 unspecified atom stereocenters. The molecule has 2 aromatic carbocycles. The van der Waals surface area contributed by atoms with E-state index in [9.17, 15) is 9.79 Å². The summed E-state index contributed by atoms with van der Waals surface area (Å²) >= 11 is 4.52. The van der Waals surface area contributed by atoms with E-state index in [-0.39, 0.29) is 0 Å². The summed E-state index contributed by atoms with van der Waals surface area (Å²) in [6, 6.07) is 18.2. The largest absolute Gasteiger partial charge is 0.344 e. The Labute approximate surface area is 110 Å². The minimum atomic E-state index is -3.79. The zero-order chi connectivity index (χ0) is 13.0. The second-order valence-electron chi connectivity index (χ2n) is 3.54. The van der Waals surface area contributed by atoms with Crippen molar-refractivity contribution in [2.45, 2.75) is 0 Å². The van der Waals surface area contributed by atoms with Crippen LogP contribution >= 0.6 is 6.72 Å². The van der Waals surface area contributed by atoms with Gasteiger partial charge in [0.1, 0.15) is 0 Å². The van der Waals surface area contributed by atoms with Gasteiger partial charge in [-0.3, -0.25) is 0 Å². The molecule has 0 aliphatic carbocycles. The minimum Gasteiger partial charge on any atom is -0.323 e. The number of rotatable bonds is 4. The summed E-state index contributed by atoms with van der Waals surface area (Å²) in [5.74, 6) is 0. The first-order valence-electron chi connectivity index (χ1n) is 5.22. The summed E-state index contributed by atoms with van der Waals surface area (Å²) in [7, 11) is 0. The monoisotopic (exact) mass is 281 g/mol. The van der Waals surface area contributed by atoms with Gasteiger partial charge in [0.05, 0.1) is 11.4 Å². The van der Waals surface area contributed by atoms with Crippen LogP contribution in [0.25, 0.3) is 0 Å². The fourth-order valence-corrected chi connectivity index (χ4v) is 2.08. The van der Waals surface area contributed by atoms with Crippen molar-refractivity contribution in [3.05, 3.63) is 60.7 Å². The van der Waals surface area contributed by atoms with Gasteiger partial charge in [-0.1, -0.05) is 36.4 Å². The van der Waals surface area contributed by atoms with Crippen molar-refractivity contribution in [3.8, 4) is 0 Å². The third-order valence-corrected chi connectivity index (χ3v) is 2.75. The van der Waals surface area contributed by atoms with E-state index in [1.807, 2.05) is 36.4 Å². The van der Waals surface area contributed by atoms with Crippen molar-refractivity contribution in [1.82, 2.24) is 0 Å². The normalized spacial score (nSPS) is 11.2. The molecule has 0 aromatic heterocycles. The molecular formula is C12H12NO3PS. The molecule has 0 saturated heterocycles. The van der Waals surface area contributed by atoms with Gasteiger partial charge in [-0.25, -0.2) is 5.06 Å². The van der Waals surface area contributed by atoms with Gasteiger partial charge in [0.2, 0.25) is 0 Å². The van der Waals surface area contributed by atoms with E-state index in [0.717, 1.165) is 0 Å². The molecule has 2 rings (SSSR count). The molecule has 0 bridgehead atoms. The number of anilines is 2. The number of hydrogen-bond donors (Lipinski definition) is 2. The van der Waals surface area contributed by atoms with Gasteiger partial charge in [0.15, 0.2) is 0 Å². The standard InChI is InChI=1S/C12H12NO3PS/c14-17(15,18)16-13(11-7-3-1-4-8-11)12-9-5-2-6-10-12/h1-10H,(H2,14,15,18). The van der Waals surface area contributed by atoms with Gasteiger partial charge >= 0.3 is 6.72 Å². The van der Waals surface area contributed by atoms with Crippen LogP contribution in [0.15, 0.2) is 60.7 Å². The molecule has 0 fully saturated rings. The van der Waals surface area contributed by atoms with Crippen molar-refractivity contribution in [3.63, 3.8) is 0 Å². The van der Waals surface area contributed by atoms with Crippen LogP contribution in [-0.4, -0.2) is 9.79 Å². The summed E-state index contributed by atoms with van der Waals surface area (Å²) in [6.45, 7) is -3.79. The van der Waals surface area contributed by atoms with Gasteiger partial charge in [0.25, 0.3) is 0 Å². The van der Waals surface area contributed by atoms with E-state index < -0.39 is 6.72 Å². The van der Waals surface area contributed by atoms with Crippen molar-refractivity contribution in [2.75, 3.05) is 5.06 Å². The van der Waals surface area contributed by atoms with Crippen molar-refractivity contribution in [1.29, 1.82) is 0 Å². The Balaban J connectivity index is 2.39. The first-order chi connectivity index (χ1) is 8.56. The van der Waals surface area contributed by atoms with Crippen LogP contribution in [0.5, 0.6) is 0 Å². The molecule has 4 nitrogen and oxygen atoms in total. The second kappa shape index (κ2) is 5.61. The van der Waals surface area contributed by atoms with Crippen LogP contribution in [0, 0.1) is 0 Å². The van der Waals surface area contributed by atoms with Gasteiger partial charge in [0, 0.05) is 0 Å². The second-order valence-corrected chi connectivity index (χ2v) is 6.11. The first-order valence-corrected chi connectivity index (χ1v) is 7.84. The van der Waals surface area contributed by atoms with Crippen LogP contribution in [0.4, 0.5) is 11.4 Å². The smallest absolute Gasteiger partial charge is 0.323 e. The molecular weight excluding hydrogens is 269 g/mol. The molecule has 6 heteroatoms. The van der Waals surface area contributed by atoms with Crippen LogP contribution < -0.4 is 5.06 Å². The SMILES string of the molecule is OP(O)(=S)ON(c1ccccc1)c1ccccc1. The third-order valence-electron chi connectivity index (χ3n) is 2.17. The quantitative estimate of drug-likeness (QED) is 0.666. The Morgan fingerprint density at radius 1 is 0.833 bits per heavy atom. The van der Waals surface area contributed by atoms with E-state index in [4.69, 9.17) is 4.62 Å². The molecule has 0 radical (unpaired) electrons. The molecule has 18 heavy (non-hydrogen) atoms. The highest BCUT2D eigenvalue weighted by Gasteiger charge is 2.18. The van der Waals surface area contributed by atoms with Crippen LogP contribution in [0.2, 0.25) is 0 Å². The zero-order valence-corrected chi connectivity index (χ0v) is 11.1. The summed E-state index contributed by atoms with van der Waals surface area (Å²) in [5.41, 5.74) is 1.34. The number of hydrogen-bond acceptors (Lipinski definition) is 3. The zero-order valence-electron chi connectivity index (χ0n) is 9.38. The lowest BCUT2D eigenvalue weighted by Gasteiger charge is -2.25. The summed E-state index contributed by atoms with van der Waals surface area (Å²) < 4.78 is 5.08. The molecule has 0 aliphatic rings. The lowest BCUT2D eigenvalue weighted by molar-refractivity contribution is 0.255. The van der Waals surface area contributed by atoms with Crippen molar-refractivity contribution >= 4 is 29.9 Å². The Bertz CT molecular complexity index is 504. The summed E-state index contributed by atoms with van der Waals surface area (Å²) in [5, 5.41) is 1.32. The lowest BCUT2D eigenvalue weighted by Crippen LogP contribution is -2.15. The van der Waals surface area contributed by atoms with Crippen LogP contribution in [-0.2, 0) is 16.4 Å². The van der Waals surface area contributed by atoms with Gasteiger partial charge in [-0.15, -0.1) is 0 Å². The lowest BCUT2D eigenvalue weighted by atomic mass is 10.2. The highest BCUT2D eigenvalue weighted by molar-refractivity contribution is 8.06. The average Bonchev–Trinajstić information content (AvgIpc) is 2.37. The van der Waals surface area contributed by atoms with Gasteiger partial charge < -0.3 is 9.79 Å². The van der Waals surface area contributed by atoms with Crippen LogP contribution in [0.1, 0.15) is 0 Å². The Morgan fingerprint density at radius 2 is 1.22 bits per heavy atom. The molecule has 2 N–H and O–H groups in total. The average molecular weight is 281 g/mol. The molecule has 0 amide bonds. The maximum Gasteiger partial charge on any atom is 0.344 e. The summed E-state index contributed by atoms with van der Waals surface area (Å²) in [6.07, 6.45) is 0. The summed E-state index contributed by atoms with van der Waals surface area (Å²) in [4.78, 5) is 18.7. The van der Waals surface area contributed by atoms with E-state index in [1.54, 1.807) is 24.3 Å². The number of para-hydroxylation sites is 2. The highest BCUT2D eigenvalue weighted by atomic mass is 32.5. The predicted molar refractivity (Wildman–Crippen MR) is 74.8 cm³/mol. The van der Waals surface area contributed by atoms with Crippen molar-refractivity contribution < 1.29 is 14.4 Å². The van der Waals surface area contributed by atoms with E-state index in [2.05, 4.69) is 11.8 Å². The third kappa shape index (κ3) is 3.63. The fraction of sp³-hybridized carbons (Fsp3) is 0. The Hall–Kier alpha value is -1.23. The Kier molecular flexibility index (Phi) is 4.11. The van der Waals surface area contributed by atoms with Gasteiger partial charge in [-0.2, -0.15) is 4.62 Å². The van der Waals surface area contributed by atoms with Gasteiger partial charge in [-0.05, 0) is 36.1 Å². The molecule has 0 heterocycles. The molecule has 94 valence electrons. The van der Waals surface area contributed by atoms with E-state index in [1.165, 1.54) is 5.06 Å². The Morgan fingerprint density at radius 3 is 1.56 bits per heavy atom. The highest BCUT2D eigenvalue weighted by Crippen LogP contribution is 2.42.